The molecule has 1 atom stereocenters. The van der Waals surface area contributed by atoms with E-state index in [9.17, 15) is 4.79 Å². The van der Waals surface area contributed by atoms with Crippen molar-refractivity contribution in [3.8, 4) is 11.3 Å². The van der Waals surface area contributed by atoms with Crippen molar-refractivity contribution < 1.29 is 4.74 Å². The normalized spacial score (nSPS) is 18.0. The molecule has 9 nitrogen and oxygen atoms in total. The Bertz CT molecular complexity index is 1560. The fourth-order valence-electron chi connectivity index (χ4n) is 5.55. The van der Waals surface area contributed by atoms with Gasteiger partial charge in [0, 0.05) is 75.7 Å². The molecule has 1 fully saturated rings. The fourth-order valence-corrected chi connectivity index (χ4v) is 5.55. The summed E-state index contributed by atoms with van der Waals surface area (Å²) in [6, 6.07) is 8.61. The highest BCUT2D eigenvalue weighted by Gasteiger charge is 2.27. The minimum Gasteiger partial charge on any atom is -0.375 e. The van der Waals surface area contributed by atoms with E-state index >= 15 is 0 Å². The Morgan fingerprint density at radius 1 is 0.973 bits per heavy atom. The van der Waals surface area contributed by atoms with E-state index in [-0.39, 0.29) is 11.7 Å². The highest BCUT2D eigenvalue weighted by atomic mass is 16.5. The number of ether oxygens (including phenoxy) is 1. The first-order valence-corrected chi connectivity index (χ1v) is 12.8. The Kier molecular flexibility index (Phi) is 5.67. The molecule has 0 radical (unpaired) electrons. The molecule has 37 heavy (non-hydrogen) atoms. The summed E-state index contributed by atoms with van der Waals surface area (Å²) in [4.78, 5) is 24.8. The zero-order valence-electron chi connectivity index (χ0n) is 22.1. The second-order valence-electron chi connectivity index (χ2n) is 10.3. The zero-order valence-corrected chi connectivity index (χ0v) is 22.1. The van der Waals surface area contributed by atoms with Gasteiger partial charge in [-0.15, -0.1) is 0 Å². The molecule has 192 valence electrons. The quantitative estimate of drug-likeness (QED) is 0.428. The lowest BCUT2D eigenvalue weighted by Crippen LogP contribution is -2.41. The van der Waals surface area contributed by atoms with Gasteiger partial charge >= 0.3 is 0 Å². The minimum atomic E-state index is 0.0347. The molecule has 0 N–H and O–H groups in total. The van der Waals surface area contributed by atoms with Gasteiger partial charge in [-0.3, -0.25) is 14.5 Å². The van der Waals surface area contributed by atoms with Gasteiger partial charge in [-0.1, -0.05) is 0 Å². The van der Waals surface area contributed by atoms with E-state index in [0.717, 1.165) is 76.7 Å². The molecular weight excluding hydrogens is 466 g/mol. The number of benzene rings is 1. The van der Waals surface area contributed by atoms with Gasteiger partial charge in [0.25, 0.3) is 5.56 Å². The number of likely N-dealkylation sites (N-methyl/N-ethyl adjacent to an activating group) is 1. The van der Waals surface area contributed by atoms with Crippen molar-refractivity contribution in [1.29, 1.82) is 0 Å². The van der Waals surface area contributed by atoms with E-state index in [1.807, 2.05) is 45.7 Å². The van der Waals surface area contributed by atoms with Crippen LogP contribution >= 0.6 is 0 Å². The number of fused-ring (bicyclic) bond motifs is 2. The first kappa shape index (κ1) is 23.5. The van der Waals surface area contributed by atoms with Crippen molar-refractivity contribution in [2.75, 3.05) is 54.5 Å². The highest BCUT2D eigenvalue weighted by Crippen LogP contribution is 2.42. The number of hydrogen-bond acceptors (Lipinski definition) is 7. The fraction of sp³-hybridized carbons (Fsp3) is 0.393. The predicted molar refractivity (Wildman–Crippen MR) is 148 cm³/mol. The molecule has 2 aliphatic heterocycles. The van der Waals surface area contributed by atoms with Crippen LogP contribution in [0.5, 0.6) is 0 Å². The third-order valence-electron chi connectivity index (χ3n) is 7.61. The Labute approximate surface area is 216 Å². The summed E-state index contributed by atoms with van der Waals surface area (Å²) in [6.45, 7) is 8.02. The molecule has 0 amide bonds. The largest absolute Gasteiger partial charge is 0.375 e. The average Bonchev–Trinajstić information content (AvgIpc) is 3.33. The Morgan fingerprint density at radius 3 is 2.57 bits per heavy atom. The summed E-state index contributed by atoms with van der Waals surface area (Å²) in [7, 11) is 5.91. The molecule has 2 aliphatic rings. The van der Waals surface area contributed by atoms with Crippen LogP contribution in [0.1, 0.15) is 12.5 Å². The van der Waals surface area contributed by atoms with Crippen LogP contribution in [0.25, 0.3) is 22.2 Å². The van der Waals surface area contributed by atoms with Crippen molar-refractivity contribution in [3.63, 3.8) is 0 Å². The first-order valence-electron chi connectivity index (χ1n) is 12.8. The third kappa shape index (κ3) is 4.03. The molecule has 0 bridgehead atoms. The third-order valence-corrected chi connectivity index (χ3v) is 7.61. The lowest BCUT2D eigenvalue weighted by atomic mass is 10.0. The predicted octanol–water partition coefficient (Wildman–Crippen LogP) is 3.46. The lowest BCUT2D eigenvalue weighted by Gasteiger charge is -2.38. The maximum absolute atomic E-state index is 12.9. The van der Waals surface area contributed by atoms with Crippen molar-refractivity contribution in [1.82, 2.24) is 19.3 Å². The molecule has 0 spiro atoms. The van der Waals surface area contributed by atoms with Gasteiger partial charge in [0.15, 0.2) is 0 Å². The summed E-state index contributed by atoms with van der Waals surface area (Å²) in [5.74, 6) is 0. The van der Waals surface area contributed by atoms with Gasteiger partial charge in [0.05, 0.1) is 53.4 Å². The van der Waals surface area contributed by atoms with Crippen molar-refractivity contribution in [2.24, 2.45) is 14.1 Å². The number of anilines is 4. The second-order valence-corrected chi connectivity index (χ2v) is 10.3. The molecule has 6 rings (SSSR count). The van der Waals surface area contributed by atoms with Crippen LogP contribution in [0.4, 0.5) is 22.7 Å². The minimum absolute atomic E-state index is 0.0347. The van der Waals surface area contributed by atoms with Gasteiger partial charge in [0.1, 0.15) is 0 Å². The van der Waals surface area contributed by atoms with Gasteiger partial charge in [-0.05, 0) is 38.1 Å². The second kappa shape index (κ2) is 8.92. The van der Waals surface area contributed by atoms with Gasteiger partial charge in [-0.2, -0.15) is 5.10 Å². The Balaban J connectivity index is 1.53. The highest BCUT2D eigenvalue weighted by molar-refractivity contribution is 5.99. The topological polar surface area (TPSA) is 71.7 Å². The molecule has 9 heteroatoms. The molecule has 1 unspecified atom stereocenters. The van der Waals surface area contributed by atoms with Crippen molar-refractivity contribution in [3.05, 3.63) is 58.8 Å². The van der Waals surface area contributed by atoms with Crippen LogP contribution in [0.15, 0.2) is 47.7 Å². The summed E-state index contributed by atoms with van der Waals surface area (Å²) in [5, 5.41) is 5.38. The number of nitrogens with zero attached hydrogens (tertiary/aromatic N) is 7. The summed E-state index contributed by atoms with van der Waals surface area (Å²) in [5.41, 5.74) is 7.99. The smallest absolute Gasteiger partial charge is 0.253 e. The van der Waals surface area contributed by atoms with E-state index < -0.39 is 0 Å². The van der Waals surface area contributed by atoms with Crippen LogP contribution in [-0.2, 0) is 18.8 Å². The molecule has 0 aliphatic carbocycles. The number of aromatic nitrogens is 4. The Hall–Kier alpha value is -3.85. The maximum atomic E-state index is 12.9. The van der Waals surface area contributed by atoms with Crippen LogP contribution < -0.4 is 20.3 Å². The van der Waals surface area contributed by atoms with Gasteiger partial charge in [-0.25, -0.2) is 0 Å². The molecule has 5 heterocycles. The van der Waals surface area contributed by atoms with Crippen LogP contribution in [0.3, 0.4) is 0 Å². The molecular formula is C28H33N7O2. The SMILES string of the molecule is Cc1cc2c(N3CCN(C)c4cc(-c5cnn(C)c5)ncc43)cc(N3CCOC(C)C3)cc2n(C)c1=O. The summed E-state index contributed by atoms with van der Waals surface area (Å²) >= 11 is 0. The molecule has 3 aromatic heterocycles. The van der Waals surface area contributed by atoms with E-state index in [0.29, 0.717) is 6.61 Å². The van der Waals surface area contributed by atoms with Crippen molar-refractivity contribution in [2.45, 2.75) is 20.0 Å². The van der Waals surface area contributed by atoms with Crippen LogP contribution in [0, 0.1) is 6.92 Å². The van der Waals surface area contributed by atoms with Crippen LogP contribution in [0.2, 0.25) is 0 Å². The number of morpholine rings is 1. The van der Waals surface area contributed by atoms with Crippen molar-refractivity contribution >= 4 is 33.7 Å². The molecule has 1 saturated heterocycles. The van der Waals surface area contributed by atoms with Gasteiger partial charge < -0.3 is 24.0 Å². The Morgan fingerprint density at radius 2 is 1.81 bits per heavy atom. The van der Waals surface area contributed by atoms with E-state index in [1.54, 1.807) is 9.25 Å². The number of aryl methyl sites for hydroxylation is 3. The number of rotatable bonds is 3. The molecule has 0 saturated carbocycles. The number of hydrogen-bond donors (Lipinski definition) is 0. The molecule has 4 aromatic rings. The zero-order chi connectivity index (χ0) is 25.8. The van der Waals surface area contributed by atoms with E-state index in [2.05, 4.69) is 52.0 Å². The maximum Gasteiger partial charge on any atom is 0.253 e. The van der Waals surface area contributed by atoms with Crippen LogP contribution in [-0.4, -0.2) is 65.3 Å². The summed E-state index contributed by atoms with van der Waals surface area (Å²) < 4.78 is 9.38. The monoisotopic (exact) mass is 499 g/mol. The lowest BCUT2D eigenvalue weighted by molar-refractivity contribution is 0.0532. The van der Waals surface area contributed by atoms with E-state index in [1.165, 1.54) is 0 Å². The first-order chi connectivity index (χ1) is 17.8. The average molecular weight is 500 g/mol. The standard InChI is InChI=1S/C28H33N7O2/c1-18-10-22-24(33(5)28(18)36)11-21(34-8-9-37-19(2)16-34)12-25(22)35-7-6-31(3)26-13-23(29-15-27(26)35)20-14-30-32(4)17-20/h10-15,17,19H,6-9,16H2,1-5H3. The summed E-state index contributed by atoms with van der Waals surface area (Å²) in [6.07, 6.45) is 5.96. The van der Waals surface area contributed by atoms with E-state index in [4.69, 9.17) is 9.72 Å². The molecule has 1 aromatic carbocycles. The van der Waals surface area contributed by atoms with Gasteiger partial charge in [0.2, 0.25) is 0 Å². The number of pyridine rings is 2.